The number of methoxy groups -OCH3 is 2. The summed E-state index contributed by atoms with van der Waals surface area (Å²) >= 11 is 7.19. The van der Waals surface area contributed by atoms with Crippen molar-refractivity contribution in [1.29, 1.82) is 0 Å². The van der Waals surface area contributed by atoms with Gasteiger partial charge in [-0.15, -0.1) is 11.3 Å². The summed E-state index contributed by atoms with van der Waals surface area (Å²) in [6.45, 7) is 0. The van der Waals surface area contributed by atoms with Gasteiger partial charge in [0.1, 0.15) is 16.4 Å². The highest BCUT2D eigenvalue weighted by Crippen LogP contribution is 2.48. The predicted molar refractivity (Wildman–Crippen MR) is 116 cm³/mol. The van der Waals surface area contributed by atoms with Crippen molar-refractivity contribution in [2.75, 3.05) is 19.5 Å². The maximum Gasteiger partial charge on any atom is 0.225 e. The van der Waals surface area contributed by atoms with E-state index < -0.39 is 9.84 Å². The SMILES string of the molecule is COc1ccc(C2CC(=O)Nc3c(S(=O)(=O)c4ccc(Cl)cc4)csc32)c(OC)c1. The van der Waals surface area contributed by atoms with E-state index in [-0.39, 0.29) is 28.0 Å². The average molecular weight is 464 g/mol. The van der Waals surface area contributed by atoms with Gasteiger partial charge in [-0.25, -0.2) is 8.42 Å². The number of benzene rings is 2. The van der Waals surface area contributed by atoms with Crippen molar-refractivity contribution in [3.05, 3.63) is 63.3 Å². The molecule has 1 aliphatic rings. The van der Waals surface area contributed by atoms with Crippen LogP contribution in [0.4, 0.5) is 5.69 Å². The topological polar surface area (TPSA) is 81.7 Å². The molecular formula is C21H18ClNO5S2. The molecule has 1 amide bonds. The maximum atomic E-state index is 13.2. The number of anilines is 1. The van der Waals surface area contributed by atoms with Gasteiger partial charge >= 0.3 is 0 Å². The van der Waals surface area contributed by atoms with Crippen LogP contribution in [0.2, 0.25) is 5.02 Å². The first kappa shape index (κ1) is 20.7. The van der Waals surface area contributed by atoms with Gasteiger partial charge in [0.05, 0.1) is 24.8 Å². The van der Waals surface area contributed by atoms with E-state index in [1.54, 1.807) is 31.7 Å². The summed E-state index contributed by atoms with van der Waals surface area (Å²) < 4.78 is 37.2. The highest BCUT2D eigenvalue weighted by atomic mass is 35.5. The molecule has 4 rings (SSSR count). The third-order valence-corrected chi connectivity index (χ3v) is 8.28. The number of thiophene rings is 1. The summed E-state index contributed by atoms with van der Waals surface area (Å²) in [6, 6.07) is 11.3. The number of nitrogens with one attached hydrogen (secondary N) is 1. The number of halogens is 1. The van der Waals surface area contributed by atoms with Crippen molar-refractivity contribution < 1.29 is 22.7 Å². The lowest BCUT2D eigenvalue weighted by atomic mass is 9.90. The summed E-state index contributed by atoms with van der Waals surface area (Å²) in [5, 5.41) is 4.77. The normalized spacial score (nSPS) is 16.0. The molecule has 1 atom stereocenters. The molecule has 0 aliphatic carbocycles. The summed E-state index contributed by atoms with van der Waals surface area (Å²) in [5.74, 6) is 0.633. The van der Waals surface area contributed by atoms with Crippen molar-refractivity contribution in [2.24, 2.45) is 0 Å². The predicted octanol–water partition coefficient (Wildman–Crippen LogP) is 4.73. The van der Waals surface area contributed by atoms with E-state index in [0.29, 0.717) is 22.2 Å². The minimum absolute atomic E-state index is 0.0790. The molecular weight excluding hydrogens is 446 g/mol. The zero-order chi connectivity index (χ0) is 21.5. The number of hydrogen-bond acceptors (Lipinski definition) is 6. The summed E-state index contributed by atoms with van der Waals surface area (Å²) in [7, 11) is -0.712. The van der Waals surface area contributed by atoms with E-state index in [1.807, 2.05) is 6.07 Å². The Kier molecular flexibility index (Phi) is 5.48. The lowest BCUT2D eigenvalue weighted by Crippen LogP contribution is -2.23. The first-order valence-electron chi connectivity index (χ1n) is 8.99. The van der Waals surface area contributed by atoms with Crippen LogP contribution in [0.1, 0.15) is 22.8 Å². The van der Waals surface area contributed by atoms with Crippen LogP contribution in [0, 0.1) is 0 Å². The van der Waals surface area contributed by atoms with Crippen LogP contribution in [-0.4, -0.2) is 28.5 Å². The summed E-state index contributed by atoms with van der Waals surface area (Å²) in [5.41, 5.74) is 1.13. The second kappa shape index (κ2) is 7.94. The first-order valence-corrected chi connectivity index (χ1v) is 11.7. The molecule has 1 N–H and O–H groups in total. The van der Waals surface area contributed by atoms with Gasteiger partial charge in [0.25, 0.3) is 0 Å². The van der Waals surface area contributed by atoms with Crippen LogP contribution in [0.25, 0.3) is 0 Å². The van der Waals surface area contributed by atoms with Crippen molar-refractivity contribution >= 4 is 44.4 Å². The van der Waals surface area contributed by atoms with Crippen LogP contribution in [0.3, 0.4) is 0 Å². The highest BCUT2D eigenvalue weighted by molar-refractivity contribution is 7.91. The van der Waals surface area contributed by atoms with Crippen molar-refractivity contribution in [3.63, 3.8) is 0 Å². The Labute approximate surface area is 183 Å². The number of ether oxygens (including phenoxy) is 2. The van der Waals surface area contributed by atoms with Crippen molar-refractivity contribution in [2.45, 2.75) is 22.1 Å². The Balaban J connectivity index is 1.83. The molecule has 3 aromatic rings. The lowest BCUT2D eigenvalue weighted by molar-refractivity contribution is -0.116. The van der Waals surface area contributed by atoms with Gasteiger partial charge in [-0.1, -0.05) is 17.7 Å². The Morgan fingerprint density at radius 1 is 1.10 bits per heavy atom. The molecule has 0 fully saturated rings. The molecule has 9 heteroatoms. The fourth-order valence-electron chi connectivity index (χ4n) is 3.50. The lowest BCUT2D eigenvalue weighted by Gasteiger charge is -2.25. The zero-order valence-corrected chi connectivity index (χ0v) is 18.5. The molecule has 30 heavy (non-hydrogen) atoms. The van der Waals surface area contributed by atoms with Gasteiger partial charge in [-0.2, -0.15) is 0 Å². The van der Waals surface area contributed by atoms with E-state index in [4.69, 9.17) is 21.1 Å². The van der Waals surface area contributed by atoms with Crippen LogP contribution in [0.15, 0.2) is 57.6 Å². The fraction of sp³-hybridized carbons (Fsp3) is 0.190. The molecule has 6 nitrogen and oxygen atoms in total. The molecule has 0 radical (unpaired) electrons. The monoisotopic (exact) mass is 463 g/mol. The molecule has 0 bridgehead atoms. The van der Waals surface area contributed by atoms with E-state index in [9.17, 15) is 13.2 Å². The molecule has 1 aliphatic heterocycles. The molecule has 156 valence electrons. The number of carbonyl (C=O) groups is 1. The van der Waals surface area contributed by atoms with Gasteiger partial charge < -0.3 is 14.8 Å². The molecule has 2 heterocycles. The van der Waals surface area contributed by atoms with Crippen LogP contribution >= 0.6 is 22.9 Å². The molecule has 0 spiro atoms. The minimum atomic E-state index is -3.82. The van der Waals surface area contributed by atoms with Crippen molar-refractivity contribution in [1.82, 2.24) is 0 Å². The minimum Gasteiger partial charge on any atom is -0.497 e. The summed E-state index contributed by atoms with van der Waals surface area (Å²) in [6.07, 6.45) is 0.191. The van der Waals surface area contributed by atoms with Gasteiger partial charge in [-0.3, -0.25) is 4.79 Å². The molecule has 2 aromatic carbocycles. The standard InChI is InChI=1S/C21H18ClNO5S2/c1-27-13-5-8-15(17(9-13)28-2)16-10-19(24)23-20-18(11-29-21(16)20)30(25,26)14-6-3-12(22)4-7-14/h3-9,11,16H,10H2,1-2H3,(H,23,24). The fourth-order valence-corrected chi connectivity index (χ4v) is 6.53. The third-order valence-electron chi connectivity index (χ3n) is 4.99. The highest BCUT2D eigenvalue weighted by Gasteiger charge is 2.35. The smallest absolute Gasteiger partial charge is 0.225 e. The molecule has 0 saturated carbocycles. The van der Waals surface area contributed by atoms with Crippen LogP contribution in [0.5, 0.6) is 11.5 Å². The third kappa shape index (κ3) is 3.55. The van der Waals surface area contributed by atoms with E-state index in [2.05, 4.69) is 5.32 Å². The number of rotatable bonds is 5. The Morgan fingerprint density at radius 2 is 1.83 bits per heavy atom. The quantitative estimate of drug-likeness (QED) is 0.591. The number of amides is 1. The van der Waals surface area contributed by atoms with Gasteiger partial charge in [-0.05, 0) is 30.3 Å². The van der Waals surface area contributed by atoms with Crippen LogP contribution in [-0.2, 0) is 14.6 Å². The molecule has 1 aromatic heterocycles. The number of sulfone groups is 1. The van der Waals surface area contributed by atoms with E-state index in [0.717, 1.165) is 10.4 Å². The average Bonchev–Trinajstić information content (AvgIpc) is 3.17. The van der Waals surface area contributed by atoms with Crippen LogP contribution < -0.4 is 14.8 Å². The first-order chi connectivity index (χ1) is 14.3. The van der Waals surface area contributed by atoms with Gasteiger partial charge in [0.2, 0.25) is 15.7 Å². The molecule has 0 saturated heterocycles. The second-order valence-corrected chi connectivity index (χ2v) is 9.98. The van der Waals surface area contributed by atoms with Gasteiger partial charge in [0, 0.05) is 39.2 Å². The number of carbonyl (C=O) groups excluding carboxylic acids is 1. The van der Waals surface area contributed by atoms with Crippen molar-refractivity contribution in [3.8, 4) is 11.5 Å². The number of hydrogen-bond donors (Lipinski definition) is 1. The zero-order valence-electron chi connectivity index (χ0n) is 16.1. The Bertz CT molecular complexity index is 1220. The van der Waals surface area contributed by atoms with E-state index in [1.165, 1.54) is 35.6 Å². The number of fused-ring (bicyclic) bond motifs is 1. The maximum absolute atomic E-state index is 13.2. The Hall–Kier alpha value is -2.55. The largest absolute Gasteiger partial charge is 0.497 e. The summed E-state index contributed by atoms with van der Waals surface area (Å²) in [4.78, 5) is 13.5. The van der Waals surface area contributed by atoms with E-state index >= 15 is 0 Å². The van der Waals surface area contributed by atoms with Gasteiger partial charge in [0.15, 0.2) is 0 Å². The Morgan fingerprint density at radius 3 is 2.50 bits per heavy atom. The second-order valence-electron chi connectivity index (χ2n) is 6.71. The molecule has 1 unspecified atom stereocenters.